The van der Waals surface area contributed by atoms with E-state index in [0.717, 1.165) is 25.4 Å². The van der Waals surface area contributed by atoms with Gasteiger partial charge in [-0.05, 0) is 12.1 Å². The van der Waals surface area contributed by atoms with E-state index in [1.54, 1.807) is 0 Å². The average Bonchev–Trinajstić information content (AvgIpc) is 2.50. The molecule has 1 aromatic carbocycles. The van der Waals surface area contributed by atoms with Crippen LogP contribution in [-0.2, 0) is 20.5 Å². The molecule has 0 aromatic heterocycles. The topological polar surface area (TPSA) is 91.2 Å². The largest absolute Gasteiger partial charge is 0.468 e. The van der Waals surface area contributed by atoms with Gasteiger partial charge in [0, 0.05) is 6.20 Å². The fourth-order valence-electron chi connectivity index (χ4n) is 1.49. The summed E-state index contributed by atoms with van der Waals surface area (Å²) < 4.78 is 42.8. The molecule has 0 atom stereocenters. The van der Waals surface area contributed by atoms with Crippen molar-refractivity contribution in [1.29, 1.82) is 5.26 Å². The van der Waals surface area contributed by atoms with Gasteiger partial charge in [-0.2, -0.15) is 18.4 Å². The number of benzene rings is 1. The lowest BCUT2D eigenvalue weighted by Crippen LogP contribution is -2.22. The molecule has 0 radical (unpaired) electrons. The number of rotatable bonds is 5. The first-order valence-electron chi connectivity index (χ1n) is 6.17. The van der Waals surface area contributed by atoms with Crippen LogP contribution in [0.2, 0.25) is 0 Å². The fraction of sp³-hybridized carbons (Fsp3) is 0.214. The van der Waals surface area contributed by atoms with Gasteiger partial charge in [0.1, 0.15) is 18.2 Å². The van der Waals surface area contributed by atoms with E-state index in [2.05, 4.69) is 10.1 Å². The minimum Gasteiger partial charge on any atom is -0.468 e. The summed E-state index contributed by atoms with van der Waals surface area (Å²) in [5, 5.41) is 13.2. The molecule has 0 aliphatic heterocycles. The summed E-state index contributed by atoms with van der Waals surface area (Å²) in [6.07, 6.45) is -3.73. The van der Waals surface area contributed by atoms with Crippen LogP contribution in [0.5, 0.6) is 0 Å². The first-order valence-corrected chi connectivity index (χ1v) is 6.17. The van der Waals surface area contributed by atoms with Crippen molar-refractivity contribution in [3.63, 3.8) is 0 Å². The number of ether oxygens (including phenoxy) is 1. The SMILES string of the molecule is COC(=O)CN/C=C(/C#N)C(=O)Nc1ccccc1C(F)(F)F. The van der Waals surface area contributed by atoms with Crippen molar-refractivity contribution in [2.45, 2.75) is 6.18 Å². The maximum atomic E-state index is 12.8. The summed E-state index contributed by atoms with van der Waals surface area (Å²) >= 11 is 0. The quantitative estimate of drug-likeness (QED) is 0.489. The van der Waals surface area contributed by atoms with Gasteiger partial charge < -0.3 is 15.4 Å². The lowest BCUT2D eigenvalue weighted by molar-refractivity contribution is -0.139. The Bertz CT molecular complexity index is 663. The van der Waals surface area contributed by atoms with Gasteiger partial charge in [0.05, 0.1) is 18.4 Å². The predicted octanol–water partition coefficient (Wildman–Crippen LogP) is 1.81. The summed E-state index contributed by atoms with van der Waals surface area (Å²) in [5.74, 6) is -1.68. The Kier molecular flexibility index (Phi) is 6.14. The molecular weight excluding hydrogens is 315 g/mol. The smallest absolute Gasteiger partial charge is 0.418 e. The Morgan fingerprint density at radius 1 is 1.35 bits per heavy atom. The molecular formula is C14H12F3N3O3. The Morgan fingerprint density at radius 3 is 2.57 bits per heavy atom. The van der Waals surface area contributed by atoms with Crippen molar-refractivity contribution in [2.24, 2.45) is 0 Å². The van der Waals surface area contributed by atoms with Gasteiger partial charge in [-0.25, -0.2) is 0 Å². The second-order valence-corrected chi connectivity index (χ2v) is 4.12. The minimum atomic E-state index is -4.65. The van der Waals surface area contributed by atoms with Gasteiger partial charge in [-0.3, -0.25) is 9.59 Å². The molecule has 0 heterocycles. The number of esters is 1. The van der Waals surface area contributed by atoms with Gasteiger partial charge in [0.25, 0.3) is 5.91 Å². The van der Waals surface area contributed by atoms with E-state index in [-0.39, 0.29) is 6.54 Å². The van der Waals surface area contributed by atoms with Crippen LogP contribution in [0, 0.1) is 11.3 Å². The zero-order valence-corrected chi connectivity index (χ0v) is 11.9. The highest BCUT2D eigenvalue weighted by Crippen LogP contribution is 2.34. The van der Waals surface area contributed by atoms with Crippen molar-refractivity contribution < 1.29 is 27.5 Å². The van der Waals surface area contributed by atoms with Crippen LogP contribution in [0.4, 0.5) is 18.9 Å². The number of amides is 1. The van der Waals surface area contributed by atoms with E-state index in [1.165, 1.54) is 18.2 Å². The van der Waals surface area contributed by atoms with Crippen molar-refractivity contribution in [1.82, 2.24) is 5.32 Å². The van der Waals surface area contributed by atoms with Crippen molar-refractivity contribution >= 4 is 17.6 Å². The molecule has 9 heteroatoms. The third-order valence-electron chi connectivity index (χ3n) is 2.57. The summed E-state index contributed by atoms with van der Waals surface area (Å²) in [4.78, 5) is 22.7. The number of halogens is 3. The number of nitrogens with zero attached hydrogens (tertiary/aromatic N) is 1. The van der Waals surface area contributed by atoms with Crippen LogP contribution in [0.3, 0.4) is 0 Å². The number of nitrogens with one attached hydrogen (secondary N) is 2. The van der Waals surface area contributed by atoms with E-state index in [4.69, 9.17) is 5.26 Å². The first kappa shape index (κ1) is 18.0. The highest BCUT2D eigenvalue weighted by Gasteiger charge is 2.33. The van der Waals surface area contributed by atoms with Gasteiger partial charge in [0.15, 0.2) is 0 Å². The number of hydrogen-bond donors (Lipinski definition) is 2. The Balaban J connectivity index is 2.88. The van der Waals surface area contributed by atoms with Gasteiger partial charge in [-0.1, -0.05) is 12.1 Å². The lowest BCUT2D eigenvalue weighted by Gasteiger charge is -2.13. The van der Waals surface area contributed by atoms with Crippen LogP contribution in [-0.4, -0.2) is 25.5 Å². The maximum absolute atomic E-state index is 12.8. The molecule has 6 nitrogen and oxygen atoms in total. The minimum absolute atomic E-state index is 0.298. The zero-order chi connectivity index (χ0) is 17.5. The fourth-order valence-corrected chi connectivity index (χ4v) is 1.49. The molecule has 122 valence electrons. The molecule has 2 N–H and O–H groups in total. The lowest BCUT2D eigenvalue weighted by atomic mass is 10.1. The molecule has 23 heavy (non-hydrogen) atoms. The molecule has 0 fully saturated rings. The van der Waals surface area contributed by atoms with Crippen LogP contribution in [0.15, 0.2) is 36.0 Å². The first-order chi connectivity index (χ1) is 10.8. The molecule has 0 unspecified atom stereocenters. The molecule has 0 saturated carbocycles. The number of para-hydroxylation sites is 1. The number of anilines is 1. The zero-order valence-electron chi connectivity index (χ0n) is 11.9. The highest BCUT2D eigenvalue weighted by molar-refractivity contribution is 6.06. The normalized spacial score (nSPS) is 11.3. The molecule has 1 aromatic rings. The number of carbonyl (C=O) groups is 2. The molecule has 0 saturated heterocycles. The standard InChI is InChI=1S/C14H12F3N3O3/c1-23-12(21)8-19-7-9(6-18)13(22)20-11-5-3-2-4-10(11)14(15,16)17/h2-5,7,19H,8H2,1H3,(H,20,22)/b9-7-. The molecule has 1 rings (SSSR count). The Hall–Kier alpha value is -3.02. The van der Waals surface area contributed by atoms with Crippen LogP contribution < -0.4 is 10.6 Å². The summed E-state index contributed by atoms with van der Waals surface area (Å²) in [6, 6.07) is 5.89. The molecule has 0 spiro atoms. The Morgan fingerprint density at radius 2 is 2.00 bits per heavy atom. The number of alkyl halides is 3. The molecule has 0 bridgehead atoms. The third kappa shape index (κ3) is 5.35. The van der Waals surface area contributed by atoms with E-state index < -0.39 is 34.9 Å². The van der Waals surface area contributed by atoms with Crippen molar-refractivity contribution in [3.05, 3.63) is 41.6 Å². The number of carbonyl (C=O) groups excluding carboxylic acids is 2. The van der Waals surface area contributed by atoms with Gasteiger partial charge in [-0.15, -0.1) is 0 Å². The second kappa shape index (κ2) is 7.84. The summed E-state index contributed by atoms with van der Waals surface area (Å²) in [7, 11) is 1.15. The Labute approximate surface area is 129 Å². The number of methoxy groups -OCH3 is 1. The summed E-state index contributed by atoms with van der Waals surface area (Å²) in [6.45, 7) is -0.298. The highest BCUT2D eigenvalue weighted by atomic mass is 19.4. The van der Waals surface area contributed by atoms with Crippen molar-refractivity contribution in [3.8, 4) is 6.07 Å². The van der Waals surface area contributed by atoms with Crippen LogP contribution >= 0.6 is 0 Å². The van der Waals surface area contributed by atoms with E-state index in [0.29, 0.717) is 0 Å². The van der Waals surface area contributed by atoms with E-state index in [9.17, 15) is 22.8 Å². The number of hydrogen-bond acceptors (Lipinski definition) is 5. The van der Waals surface area contributed by atoms with E-state index in [1.807, 2.05) is 5.32 Å². The van der Waals surface area contributed by atoms with Gasteiger partial charge >= 0.3 is 12.1 Å². The van der Waals surface area contributed by atoms with Crippen LogP contribution in [0.25, 0.3) is 0 Å². The maximum Gasteiger partial charge on any atom is 0.418 e. The molecule has 0 aliphatic rings. The van der Waals surface area contributed by atoms with E-state index >= 15 is 0 Å². The van der Waals surface area contributed by atoms with Gasteiger partial charge in [0.2, 0.25) is 0 Å². The summed E-state index contributed by atoms with van der Waals surface area (Å²) in [5.41, 5.74) is -2.00. The molecule has 0 aliphatic carbocycles. The van der Waals surface area contributed by atoms with Crippen molar-refractivity contribution in [2.75, 3.05) is 19.0 Å². The predicted molar refractivity (Wildman–Crippen MR) is 73.8 cm³/mol. The monoisotopic (exact) mass is 327 g/mol. The van der Waals surface area contributed by atoms with Crippen LogP contribution in [0.1, 0.15) is 5.56 Å². The third-order valence-corrected chi connectivity index (χ3v) is 2.57. The molecule has 1 amide bonds. The number of nitriles is 1. The second-order valence-electron chi connectivity index (χ2n) is 4.12. The average molecular weight is 327 g/mol.